The highest BCUT2D eigenvalue weighted by molar-refractivity contribution is 5.92. The number of amides is 1. The first-order valence-electron chi connectivity index (χ1n) is 13.3. The number of nitrogens with one attached hydrogen (secondary N) is 2. The molecule has 40 heavy (non-hydrogen) atoms. The largest absolute Gasteiger partial charge is 0.507 e. The van der Waals surface area contributed by atoms with Crippen LogP contribution in [0.15, 0.2) is 60.7 Å². The number of hydrogen-bond acceptors (Lipinski definition) is 4. The fourth-order valence-corrected chi connectivity index (χ4v) is 5.02. The van der Waals surface area contributed by atoms with Gasteiger partial charge in [0.2, 0.25) is 5.91 Å². The number of guanidine groups is 1. The maximum atomic E-state index is 13.4. The lowest BCUT2D eigenvalue weighted by atomic mass is 9.85. The average molecular weight is 563 g/mol. The first-order valence-corrected chi connectivity index (χ1v) is 13.3. The van der Waals surface area contributed by atoms with Gasteiger partial charge in [0, 0.05) is 36.8 Å². The molecule has 0 bridgehead atoms. The van der Waals surface area contributed by atoms with Crippen LogP contribution in [0.1, 0.15) is 53.1 Å². The number of carbonyl (C=O) groups excluding carboxylic acids is 1. The summed E-state index contributed by atoms with van der Waals surface area (Å²) in [7, 11) is 0. The molecule has 3 aromatic carbocycles. The quantitative estimate of drug-likeness (QED) is 0.147. The highest BCUT2D eigenvalue weighted by Crippen LogP contribution is 2.44. The molecular formula is C32H39ClN4O3. The summed E-state index contributed by atoms with van der Waals surface area (Å²) in [5, 5.41) is 20.6. The molecule has 1 aliphatic heterocycles. The molecule has 0 spiro atoms. The number of nitrogens with two attached hydrogens (primary N) is 1. The molecule has 212 valence electrons. The van der Waals surface area contributed by atoms with E-state index in [2.05, 4.69) is 12.2 Å². The number of nitrogens with zero attached hydrogens (tertiary/aromatic N) is 1. The molecule has 1 unspecified atom stereocenters. The highest BCUT2D eigenvalue weighted by Gasteiger charge is 2.35. The molecule has 5 N–H and O–H groups in total. The molecule has 3 aromatic rings. The Labute approximate surface area is 243 Å². The molecule has 0 aliphatic carbocycles. The van der Waals surface area contributed by atoms with Gasteiger partial charge in [-0.1, -0.05) is 42.5 Å². The van der Waals surface area contributed by atoms with Crippen LogP contribution >= 0.6 is 12.4 Å². The van der Waals surface area contributed by atoms with Crippen molar-refractivity contribution in [1.82, 2.24) is 4.90 Å². The summed E-state index contributed by atoms with van der Waals surface area (Å²) in [5.74, 6) is 1.04. The Kier molecular flexibility index (Phi) is 9.88. The molecule has 0 radical (unpaired) electrons. The summed E-state index contributed by atoms with van der Waals surface area (Å²) < 4.78 is 6.62. The molecule has 8 heteroatoms. The smallest absolute Gasteiger partial charge is 0.246 e. The van der Waals surface area contributed by atoms with E-state index >= 15 is 0 Å². The Hall–Kier alpha value is -3.97. The molecular weight excluding hydrogens is 524 g/mol. The second kappa shape index (κ2) is 12.9. The van der Waals surface area contributed by atoms with Crippen LogP contribution in [0.2, 0.25) is 0 Å². The minimum atomic E-state index is -0.425. The highest BCUT2D eigenvalue weighted by atomic mass is 35.5. The number of ether oxygens (including phenoxy) is 1. The molecule has 0 saturated heterocycles. The number of rotatable bonds is 8. The molecule has 7 nitrogen and oxygen atoms in total. The average Bonchev–Trinajstić information content (AvgIpc) is 2.92. The fourth-order valence-electron chi connectivity index (χ4n) is 5.02. The fraction of sp³-hybridized carbons (Fsp3) is 0.312. The molecule has 4 rings (SSSR count). The van der Waals surface area contributed by atoms with E-state index in [0.717, 1.165) is 57.7 Å². The summed E-state index contributed by atoms with van der Waals surface area (Å²) in [6, 6.07) is 17.4. The van der Waals surface area contributed by atoms with Gasteiger partial charge in [-0.05, 0) is 86.6 Å². The lowest BCUT2D eigenvalue weighted by molar-refractivity contribution is -0.127. The lowest BCUT2D eigenvalue weighted by Crippen LogP contribution is -2.41. The van der Waals surface area contributed by atoms with Crippen molar-refractivity contribution in [3.8, 4) is 11.5 Å². The Morgan fingerprint density at radius 1 is 1.10 bits per heavy atom. The maximum absolute atomic E-state index is 13.4. The zero-order valence-electron chi connectivity index (χ0n) is 23.6. The SMILES string of the molecule is Cc1c(C)c2c(c(C)c1O)CCC(C)(CCN(Cc1ccccc1)C(=O)C=Cc1ccc(NC(=N)N)cc1)O2.Cl. The van der Waals surface area contributed by atoms with E-state index in [0.29, 0.717) is 25.3 Å². The molecule has 1 amide bonds. The van der Waals surface area contributed by atoms with E-state index in [9.17, 15) is 9.90 Å². The van der Waals surface area contributed by atoms with Gasteiger partial charge in [0.1, 0.15) is 17.1 Å². The predicted molar refractivity (Wildman–Crippen MR) is 164 cm³/mol. The van der Waals surface area contributed by atoms with Gasteiger partial charge in [0.15, 0.2) is 5.96 Å². The summed E-state index contributed by atoms with van der Waals surface area (Å²) in [4.78, 5) is 15.3. The van der Waals surface area contributed by atoms with Gasteiger partial charge in [0.05, 0.1) is 0 Å². The van der Waals surface area contributed by atoms with Crippen molar-refractivity contribution < 1.29 is 14.6 Å². The van der Waals surface area contributed by atoms with E-state index < -0.39 is 5.60 Å². The molecule has 1 aliphatic rings. The normalized spacial score (nSPS) is 16.0. The minimum absolute atomic E-state index is 0. The minimum Gasteiger partial charge on any atom is -0.507 e. The first kappa shape index (κ1) is 30.6. The Morgan fingerprint density at radius 2 is 1.77 bits per heavy atom. The Balaban J connectivity index is 0.00000441. The number of phenolic OH excluding ortho intramolecular Hbond substituents is 1. The van der Waals surface area contributed by atoms with Crippen LogP contribution in [0.25, 0.3) is 6.08 Å². The third kappa shape index (κ3) is 7.16. The van der Waals surface area contributed by atoms with Gasteiger partial charge in [-0.25, -0.2) is 0 Å². The van der Waals surface area contributed by atoms with Crippen molar-refractivity contribution in [2.75, 3.05) is 11.9 Å². The number of phenols is 1. The van der Waals surface area contributed by atoms with Crippen molar-refractivity contribution in [2.24, 2.45) is 5.73 Å². The first-order chi connectivity index (χ1) is 18.6. The van der Waals surface area contributed by atoms with Crippen LogP contribution in [-0.2, 0) is 17.8 Å². The molecule has 1 atom stereocenters. The van der Waals surface area contributed by atoms with Crippen molar-refractivity contribution >= 4 is 36.0 Å². The molecule has 0 fully saturated rings. The van der Waals surface area contributed by atoms with E-state index in [4.69, 9.17) is 15.9 Å². The molecule has 1 heterocycles. The summed E-state index contributed by atoms with van der Waals surface area (Å²) >= 11 is 0. The van der Waals surface area contributed by atoms with E-state index in [1.54, 1.807) is 12.2 Å². The van der Waals surface area contributed by atoms with Gasteiger partial charge in [-0.2, -0.15) is 0 Å². The van der Waals surface area contributed by atoms with E-state index in [1.165, 1.54) is 0 Å². The molecule has 0 aromatic heterocycles. The van der Waals surface area contributed by atoms with Crippen LogP contribution in [0, 0.1) is 26.2 Å². The van der Waals surface area contributed by atoms with Gasteiger partial charge in [0.25, 0.3) is 0 Å². The number of anilines is 1. The van der Waals surface area contributed by atoms with Crippen LogP contribution in [0.4, 0.5) is 5.69 Å². The van der Waals surface area contributed by atoms with Crippen molar-refractivity contribution in [2.45, 2.75) is 59.1 Å². The predicted octanol–water partition coefficient (Wildman–Crippen LogP) is 6.26. The summed E-state index contributed by atoms with van der Waals surface area (Å²) in [5.41, 5.74) is 11.4. The van der Waals surface area contributed by atoms with Crippen LogP contribution < -0.4 is 15.8 Å². The Bertz CT molecular complexity index is 1390. The number of fused-ring (bicyclic) bond motifs is 1. The third-order valence-electron chi connectivity index (χ3n) is 7.64. The summed E-state index contributed by atoms with van der Waals surface area (Å²) in [6.07, 6.45) is 5.73. The lowest BCUT2D eigenvalue weighted by Gasteiger charge is -2.39. The van der Waals surface area contributed by atoms with Crippen molar-refractivity contribution in [3.05, 3.63) is 94.1 Å². The van der Waals surface area contributed by atoms with E-state index in [1.807, 2.05) is 80.3 Å². The maximum Gasteiger partial charge on any atom is 0.246 e. The monoisotopic (exact) mass is 562 g/mol. The topological polar surface area (TPSA) is 112 Å². The standard InChI is InChI=1S/C32H38N4O3.ClH/c1-21-22(2)30-27(23(3)29(21)38)16-17-32(4,39-30)18-19-36(20-25-8-6-5-7-9-25)28(37)15-12-24-10-13-26(14-11-24)35-31(33)34;/h5-15,38H,16-20H2,1-4H3,(H4,33,34,35);1H. The van der Waals surface area contributed by atoms with Crippen molar-refractivity contribution in [1.29, 1.82) is 5.41 Å². The van der Waals surface area contributed by atoms with Crippen LogP contribution in [0.3, 0.4) is 0 Å². The van der Waals surface area contributed by atoms with Crippen molar-refractivity contribution in [3.63, 3.8) is 0 Å². The number of aromatic hydroxyl groups is 1. The zero-order valence-corrected chi connectivity index (χ0v) is 24.4. The van der Waals surface area contributed by atoms with Gasteiger partial charge in [-0.15, -0.1) is 12.4 Å². The van der Waals surface area contributed by atoms with Crippen LogP contribution in [0.5, 0.6) is 11.5 Å². The number of halogens is 1. The summed E-state index contributed by atoms with van der Waals surface area (Å²) in [6.45, 7) is 9.03. The van der Waals surface area contributed by atoms with Crippen LogP contribution in [-0.4, -0.2) is 34.0 Å². The third-order valence-corrected chi connectivity index (χ3v) is 7.64. The Morgan fingerprint density at radius 3 is 2.42 bits per heavy atom. The second-order valence-electron chi connectivity index (χ2n) is 10.6. The number of hydrogen-bond donors (Lipinski definition) is 4. The van der Waals surface area contributed by atoms with Gasteiger partial charge >= 0.3 is 0 Å². The van der Waals surface area contributed by atoms with Gasteiger partial charge < -0.3 is 25.8 Å². The van der Waals surface area contributed by atoms with E-state index in [-0.39, 0.29) is 24.3 Å². The molecule has 0 saturated carbocycles. The zero-order chi connectivity index (χ0) is 28.2. The number of carbonyl (C=O) groups is 1. The van der Waals surface area contributed by atoms with Gasteiger partial charge in [-0.3, -0.25) is 10.2 Å². The second-order valence-corrected chi connectivity index (χ2v) is 10.6. The number of benzene rings is 3.